The minimum atomic E-state index is -0.0980. The summed E-state index contributed by atoms with van der Waals surface area (Å²) in [5, 5.41) is 13.6. The number of nitriles is 1. The highest BCUT2D eigenvalue weighted by molar-refractivity contribution is 7.08. The van der Waals surface area contributed by atoms with Crippen LogP contribution in [0.3, 0.4) is 0 Å². The highest BCUT2D eigenvalue weighted by Crippen LogP contribution is 2.25. The van der Waals surface area contributed by atoms with E-state index in [9.17, 15) is 5.26 Å². The molecule has 20 heavy (non-hydrogen) atoms. The van der Waals surface area contributed by atoms with Crippen molar-refractivity contribution in [1.82, 2.24) is 4.90 Å². The van der Waals surface area contributed by atoms with Crippen molar-refractivity contribution >= 4 is 17.0 Å². The Bertz CT molecular complexity index is 566. The first kappa shape index (κ1) is 13.2. The van der Waals surface area contributed by atoms with Crippen LogP contribution in [-0.4, -0.2) is 31.1 Å². The Morgan fingerprint density at radius 3 is 2.40 bits per heavy atom. The molecule has 0 spiro atoms. The first-order valence-electron chi connectivity index (χ1n) is 6.84. The van der Waals surface area contributed by atoms with Gasteiger partial charge in [0.05, 0.1) is 6.07 Å². The third kappa shape index (κ3) is 2.69. The van der Waals surface area contributed by atoms with E-state index in [0.29, 0.717) is 0 Å². The Labute approximate surface area is 123 Å². The van der Waals surface area contributed by atoms with Gasteiger partial charge in [0.1, 0.15) is 6.04 Å². The molecule has 1 aliphatic heterocycles. The van der Waals surface area contributed by atoms with E-state index in [1.807, 2.05) is 11.4 Å². The van der Waals surface area contributed by atoms with Crippen LogP contribution >= 0.6 is 11.3 Å². The molecule has 1 saturated heterocycles. The molecule has 4 heteroatoms. The lowest BCUT2D eigenvalue weighted by molar-refractivity contribution is 0.222. The number of anilines is 1. The average Bonchev–Trinajstić information content (AvgIpc) is 3.04. The minimum Gasteiger partial charge on any atom is -0.369 e. The van der Waals surface area contributed by atoms with Crippen LogP contribution in [0.25, 0.3) is 0 Å². The summed E-state index contributed by atoms with van der Waals surface area (Å²) in [5.74, 6) is 0. The van der Waals surface area contributed by atoms with E-state index < -0.39 is 0 Å². The summed E-state index contributed by atoms with van der Waals surface area (Å²) in [5.41, 5.74) is 2.40. The Hall–Kier alpha value is -1.83. The Morgan fingerprint density at radius 1 is 1.05 bits per heavy atom. The molecule has 1 aromatic carbocycles. The molecule has 0 bridgehead atoms. The molecule has 0 N–H and O–H groups in total. The van der Waals surface area contributed by atoms with E-state index in [-0.39, 0.29) is 6.04 Å². The van der Waals surface area contributed by atoms with E-state index in [4.69, 9.17) is 0 Å². The summed E-state index contributed by atoms with van der Waals surface area (Å²) in [4.78, 5) is 4.67. The molecule has 0 saturated carbocycles. The first-order valence-corrected chi connectivity index (χ1v) is 7.78. The van der Waals surface area contributed by atoms with Crippen LogP contribution in [0.4, 0.5) is 5.69 Å². The van der Waals surface area contributed by atoms with Crippen molar-refractivity contribution in [3.8, 4) is 6.07 Å². The van der Waals surface area contributed by atoms with Crippen LogP contribution in [0.2, 0.25) is 0 Å². The van der Waals surface area contributed by atoms with Gasteiger partial charge in [-0.3, -0.25) is 4.90 Å². The fourth-order valence-electron chi connectivity index (χ4n) is 2.67. The van der Waals surface area contributed by atoms with Crippen LogP contribution in [0.5, 0.6) is 0 Å². The molecule has 0 aliphatic carbocycles. The number of piperazine rings is 1. The largest absolute Gasteiger partial charge is 0.369 e. The van der Waals surface area contributed by atoms with Crippen molar-refractivity contribution in [3.05, 3.63) is 52.7 Å². The first-order chi connectivity index (χ1) is 9.88. The number of hydrogen-bond donors (Lipinski definition) is 0. The van der Waals surface area contributed by atoms with Crippen molar-refractivity contribution in [1.29, 1.82) is 5.26 Å². The van der Waals surface area contributed by atoms with Gasteiger partial charge in [-0.05, 0) is 34.5 Å². The number of benzene rings is 1. The third-order valence-corrected chi connectivity index (χ3v) is 4.48. The van der Waals surface area contributed by atoms with Gasteiger partial charge in [0, 0.05) is 31.9 Å². The second kappa shape index (κ2) is 6.08. The maximum Gasteiger partial charge on any atom is 0.124 e. The molecule has 2 aromatic rings. The van der Waals surface area contributed by atoms with Crippen molar-refractivity contribution in [3.63, 3.8) is 0 Å². The molecule has 102 valence electrons. The standard InChI is InChI=1S/C16H17N3S/c17-12-16(14-6-11-20-13-14)19-9-7-18(8-10-19)15-4-2-1-3-5-15/h1-6,11,13,16H,7-10H2. The summed E-state index contributed by atoms with van der Waals surface area (Å²) in [6.45, 7) is 3.82. The van der Waals surface area contributed by atoms with Crippen LogP contribution in [-0.2, 0) is 0 Å². The molecular formula is C16H17N3S. The Morgan fingerprint density at radius 2 is 1.80 bits per heavy atom. The molecule has 1 aromatic heterocycles. The van der Waals surface area contributed by atoms with Gasteiger partial charge < -0.3 is 4.90 Å². The Kier molecular flexibility index (Phi) is 4.00. The number of rotatable bonds is 3. The number of para-hydroxylation sites is 1. The number of hydrogen-bond acceptors (Lipinski definition) is 4. The zero-order valence-electron chi connectivity index (χ0n) is 11.3. The van der Waals surface area contributed by atoms with Gasteiger partial charge in [-0.1, -0.05) is 18.2 Å². The molecule has 2 heterocycles. The molecule has 0 radical (unpaired) electrons. The number of thiophene rings is 1. The van der Waals surface area contributed by atoms with Crippen molar-refractivity contribution < 1.29 is 0 Å². The summed E-state index contributed by atoms with van der Waals surface area (Å²) in [6.07, 6.45) is 0. The SMILES string of the molecule is N#CC(c1ccsc1)N1CCN(c2ccccc2)CC1. The smallest absolute Gasteiger partial charge is 0.124 e. The second-order valence-electron chi connectivity index (χ2n) is 4.95. The van der Waals surface area contributed by atoms with E-state index in [1.54, 1.807) is 11.3 Å². The average molecular weight is 283 g/mol. The zero-order valence-corrected chi connectivity index (χ0v) is 12.1. The molecule has 3 nitrogen and oxygen atoms in total. The van der Waals surface area contributed by atoms with Gasteiger partial charge in [-0.15, -0.1) is 0 Å². The monoisotopic (exact) mass is 283 g/mol. The van der Waals surface area contributed by atoms with E-state index >= 15 is 0 Å². The van der Waals surface area contributed by atoms with E-state index in [0.717, 1.165) is 31.7 Å². The predicted octanol–water partition coefficient (Wildman–Crippen LogP) is 3.13. The normalized spacial score (nSPS) is 17.6. The van der Waals surface area contributed by atoms with Gasteiger partial charge in [0.15, 0.2) is 0 Å². The molecule has 1 unspecified atom stereocenters. The second-order valence-corrected chi connectivity index (χ2v) is 5.73. The van der Waals surface area contributed by atoms with Gasteiger partial charge >= 0.3 is 0 Å². The van der Waals surface area contributed by atoms with Crippen LogP contribution in [0.1, 0.15) is 11.6 Å². The van der Waals surface area contributed by atoms with Crippen molar-refractivity contribution in [2.75, 3.05) is 31.1 Å². The van der Waals surface area contributed by atoms with Gasteiger partial charge in [-0.2, -0.15) is 16.6 Å². The molecular weight excluding hydrogens is 266 g/mol. The zero-order chi connectivity index (χ0) is 13.8. The summed E-state index contributed by atoms with van der Waals surface area (Å²) in [6, 6.07) is 14.9. The lowest BCUT2D eigenvalue weighted by Gasteiger charge is -2.38. The molecule has 1 aliphatic rings. The summed E-state index contributed by atoms with van der Waals surface area (Å²) < 4.78 is 0. The van der Waals surface area contributed by atoms with Crippen molar-refractivity contribution in [2.24, 2.45) is 0 Å². The molecule has 3 rings (SSSR count). The minimum absolute atomic E-state index is 0.0980. The van der Waals surface area contributed by atoms with Gasteiger partial charge in [0.2, 0.25) is 0 Å². The van der Waals surface area contributed by atoms with Gasteiger partial charge in [-0.25, -0.2) is 0 Å². The topological polar surface area (TPSA) is 30.3 Å². The molecule has 1 fully saturated rings. The summed E-state index contributed by atoms with van der Waals surface area (Å²) >= 11 is 1.66. The molecule has 1 atom stereocenters. The summed E-state index contributed by atoms with van der Waals surface area (Å²) in [7, 11) is 0. The van der Waals surface area contributed by atoms with Gasteiger partial charge in [0.25, 0.3) is 0 Å². The Balaban J connectivity index is 1.65. The van der Waals surface area contributed by atoms with Crippen LogP contribution < -0.4 is 4.90 Å². The van der Waals surface area contributed by atoms with Crippen LogP contribution in [0, 0.1) is 11.3 Å². The van der Waals surface area contributed by atoms with E-state index in [1.165, 1.54) is 5.69 Å². The van der Waals surface area contributed by atoms with Crippen LogP contribution in [0.15, 0.2) is 47.2 Å². The van der Waals surface area contributed by atoms with E-state index in [2.05, 4.69) is 51.6 Å². The predicted molar refractivity (Wildman–Crippen MR) is 82.9 cm³/mol. The maximum absolute atomic E-state index is 9.43. The highest BCUT2D eigenvalue weighted by atomic mass is 32.1. The fourth-order valence-corrected chi connectivity index (χ4v) is 3.35. The van der Waals surface area contributed by atoms with Crippen molar-refractivity contribution in [2.45, 2.75) is 6.04 Å². The highest BCUT2D eigenvalue weighted by Gasteiger charge is 2.25. The lowest BCUT2D eigenvalue weighted by Crippen LogP contribution is -2.47. The third-order valence-electron chi connectivity index (χ3n) is 3.78. The fraction of sp³-hybridized carbons (Fsp3) is 0.312. The maximum atomic E-state index is 9.43. The lowest BCUT2D eigenvalue weighted by atomic mass is 10.1. The number of nitrogens with zero attached hydrogens (tertiary/aromatic N) is 3. The molecule has 0 amide bonds. The quantitative estimate of drug-likeness (QED) is 0.867.